The Labute approximate surface area is 153 Å². The summed E-state index contributed by atoms with van der Waals surface area (Å²) in [5.74, 6) is 0.764. The smallest absolute Gasteiger partial charge is 0.251 e. The van der Waals surface area contributed by atoms with Crippen LogP contribution in [-0.4, -0.2) is 48.1 Å². The number of hydrogen-bond acceptors (Lipinski definition) is 4. The minimum Gasteiger partial charge on any atom is -0.352 e. The van der Waals surface area contributed by atoms with E-state index in [0.29, 0.717) is 12.1 Å². The molecule has 3 rings (SSSR count). The predicted octanol–water partition coefficient (Wildman–Crippen LogP) is 2.97. The summed E-state index contributed by atoms with van der Waals surface area (Å²) in [5, 5.41) is 5.77. The lowest BCUT2D eigenvalue weighted by molar-refractivity contribution is -0.115. The molecule has 2 N–H and O–H groups in total. The minimum atomic E-state index is -0.0926. The number of thioether (sulfide) groups is 1. The van der Waals surface area contributed by atoms with Crippen LogP contribution < -0.4 is 10.6 Å². The molecule has 0 spiro atoms. The first kappa shape index (κ1) is 18.3. The molecule has 136 valence electrons. The molecule has 1 unspecified atom stereocenters. The molecule has 1 aromatic carbocycles. The summed E-state index contributed by atoms with van der Waals surface area (Å²) in [6, 6.07) is 5.52. The lowest BCUT2D eigenvalue weighted by Gasteiger charge is -2.30. The van der Waals surface area contributed by atoms with E-state index in [0.717, 1.165) is 29.5 Å². The van der Waals surface area contributed by atoms with E-state index in [9.17, 15) is 9.59 Å². The maximum absolute atomic E-state index is 12.3. The van der Waals surface area contributed by atoms with Crippen LogP contribution in [0.5, 0.6) is 0 Å². The number of carbonyl (C=O) groups excluding carboxylic acids is 2. The molecule has 5 nitrogen and oxygen atoms in total. The molecule has 2 aliphatic rings. The van der Waals surface area contributed by atoms with E-state index in [4.69, 9.17) is 0 Å². The Balaban J connectivity index is 1.46. The van der Waals surface area contributed by atoms with E-state index in [2.05, 4.69) is 22.5 Å². The average Bonchev–Trinajstić information content (AvgIpc) is 2.60. The van der Waals surface area contributed by atoms with Gasteiger partial charge in [-0.25, -0.2) is 0 Å². The van der Waals surface area contributed by atoms with Gasteiger partial charge >= 0.3 is 0 Å². The molecule has 0 aromatic heterocycles. The summed E-state index contributed by atoms with van der Waals surface area (Å²) < 4.78 is 0. The molecule has 0 aliphatic carbocycles. The number of nitrogens with zero attached hydrogens (tertiary/aromatic N) is 1. The molecule has 0 bridgehead atoms. The van der Waals surface area contributed by atoms with Crippen molar-refractivity contribution in [3.05, 3.63) is 23.8 Å². The zero-order valence-corrected chi connectivity index (χ0v) is 15.8. The summed E-state index contributed by atoms with van der Waals surface area (Å²) in [4.78, 5) is 27.6. The van der Waals surface area contributed by atoms with Crippen molar-refractivity contribution in [2.75, 3.05) is 31.5 Å². The fourth-order valence-electron chi connectivity index (χ4n) is 3.24. The minimum absolute atomic E-state index is 0.00842. The Hall–Kier alpha value is -1.53. The normalized spacial score (nSPS) is 21.5. The Kier molecular flexibility index (Phi) is 6.02. The van der Waals surface area contributed by atoms with Crippen LogP contribution in [0.15, 0.2) is 23.1 Å². The molecule has 0 saturated carbocycles. The summed E-state index contributed by atoms with van der Waals surface area (Å²) in [6.07, 6.45) is 3.53. The van der Waals surface area contributed by atoms with E-state index in [1.807, 2.05) is 19.1 Å². The largest absolute Gasteiger partial charge is 0.352 e. The average molecular weight is 362 g/mol. The first-order valence-electron chi connectivity index (χ1n) is 9.15. The maximum atomic E-state index is 12.3. The van der Waals surface area contributed by atoms with Crippen molar-refractivity contribution in [1.29, 1.82) is 0 Å². The third-order valence-corrected chi connectivity index (χ3v) is 6.16. The van der Waals surface area contributed by atoms with Crippen molar-refractivity contribution in [3.63, 3.8) is 0 Å². The second-order valence-corrected chi connectivity index (χ2v) is 8.48. The van der Waals surface area contributed by atoms with Crippen molar-refractivity contribution < 1.29 is 9.59 Å². The topological polar surface area (TPSA) is 61.4 Å². The van der Waals surface area contributed by atoms with E-state index in [1.165, 1.54) is 37.7 Å². The van der Waals surface area contributed by atoms with E-state index < -0.39 is 0 Å². The van der Waals surface area contributed by atoms with Gasteiger partial charge in [0.2, 0.25) is 5.91 Å². The molecule has 1 aromatic rings. The Bertz CT molecular complexity index is 642. The molecule has 1 saturated heterocycles. The zero-order valence-electron chi connectivity index (χ0n) is 15.0. The van der Waals surface area contributed by atoms with Crippen molar-refractivity contribution in [3.8, 4) is 0 Å². The number of likely N-dealkylation sites (tertiary alicyclic amines) is 1. The van der Waals surface area contributed by atoms with Gasteiger partial charge in [-0.1, -0.05) is 6.92 Å². The quantitative estimate of drug-likeness (QED) is 0.792. The SMILES string of the molecule is CC1CCN(CCCNC(=O)c2ccc3c(c2)NC(=O)C(C)S3)CC1. The van der Waals surface area contributed by atoms with Crippen LogP contribution in [0.1, 0.15) is 43.5 Å². The van der Waals surface area contributed by atoms with Gasteiger partial charge < -0.3 is 15.5 Å². The molecule has 6 heteroatoms. The van der Waals surface area contributed by atoms with E-state index >= 15 is 0 Å². The molecular weight excluding hydrogens is 334 g/mol. The summed E-state index contributed by atoms with van der Waals surface area (Å²) in [7, 11) is 0. The number of amides is 2. The molecule has 1 atom stereocenters. The first-order chi connectivity index (χ1) is 12.0. The fraction of sp³-hybridized carbons (Fsp3) is 0.579. The monoisotopic (exact) mass is 361 g/mol. The van der Waals surface area contributed by atoms with Crippen LogP contribution in [0.3, 0.4) is 0 Å². The third kappa shape index (κ3) is 4.76. The van der Waals surface area contributed by atoms with Crippen molar-refractivity contribution in [2.45, 2.75) is 43.3 Å². The van der Waals surface area contributed by atoms with Gasteiger partial charge in [0.05, 0.1) is 10.9 Å². The lowest BCUT2D eigenvalue weighted by atomic mass is 9.99. The predicted molar refractivity (Wildman–Crippen MR) is 102 cm³/mol. The summed E-state index contributed by atoms with van der Waals surface area (Å²) in [6.45, 7) is 8.28. The van der Waals surface area contributed by atoms with Crippen LogP contribution in [0.25, 0.3) is 0 Å². The highest BCUT2D eigenvalue weighted by Crippen LogP contribution is 2.35. The van der Waals surface area contributed by atoms with Gasteiger partial charge in [0.25, 0.3) is 5.91 Å². The first-order valence-corrected chi connectivity index (χ1v) is 10.0. The second kappa shape index (κ2) is 8.23. The number of piperidine rings is 1. The fourth-order valence-corrected chi connectivity index (χ4v) is 4.17. The van der Waals surface area contributed by atoms with Crippen LogP contribution in [0, 0.1) is 5.92 Å². The van der Waals surface area contributed by atoms with Gasteiger partial charge in [0, 0.05) is 17.0 Å². The van der Waals surface area contributed by atoms with E-state index in [1.54, 1.807) is 6.07 Å². The molecule has 25 heavy (non-hydrogen) atoms. The van der Waals surface area contributed by atoms with Crippen LogP contribution in [-0.2, 0) is 4.79 Å². The summed E-state index contributed by atoms with van der Waals surface area (Å²) >= 11 is 1.53. The van der Waals surface area contributed by atoms with Gasteiger partial charge in [-0.15, -0.1) is 11.8 Å². The molecule has 0 radical (unpaired) electrons. The number of fused-ring (bicyclic) bond motifs is 1. The van der Waals surface area contributed by atoms with Gasteiger partial charge in [-0.05, 0) is 69.9 Å². The van der Waals surface area contributed by atoms with Crippen molar-refractivity contribution in [2.24, 2.45) is 5.92 Å². The molecule has 1 fully saturated rings. The van der Waals surface area contributed by atoms with Gasteiger partial charge in [0.1, 0.15) is 0 Å². The molecule has 2 aliphatic heterocycles. The van der Waals surface area contributed by atoms with Gasteiger partial charge in [-0.3, -0.25) is 9.59 Å². The Morgan fingerprint density at radius 3 is 2.84 bits per heavy atom. The van der Waals surface area contributed by atoms with Crippen LogP contribution in [0.2, 0.25) is 0 Å². The van der Waals surface area contributed by atoms with Crippen LogP contribution in [0.4, 0.5) is 5.69 Å². The number of nitrogens with one attached hydrogen (secondary N) is 2. The number of anilines is 1. The lowest BCUT2D eigenvalue weighted by Crippen LogP contribution is -2.35. The van der Waals surface area contributed by atoms with Crippen molar-refractivity contribution in [1.82, 2.24) is 10.2 Å². The third-order valence-electron chi connectivity index (χ3n) is 4.99. The van der Waals surface area contributed by atoms with E-state index in [-0.39, 0.29) is 17.1 Å². The number of carbonyl (C=O) groups is 2. The zero-order chi connectivity index (χ0) is 17.8. The maximum Gasteiger partial charge on any atom is 0.251 e. The highest BCUT2D eigenvalue weighted by Gasteiger charge is 2.23. The van der Waals surface area contributed by atoms with Gasteiger partial charge in [0.15, 0.2) is 0 Å². The van der Waals surface area contributed by atoms with Crippen LogP contribution >= 0.6 is 11.8 Å². The highest BCUT2D eigenvalue weighted by atomic mass is 32.2. The van der Waals surface area contributed by atoms with Crippen molar-refractivity contribution >= 4 is 29.3 Å². The molecular formula is C19H27N3O2S. The van der Waals surface area contributed by atoms with Gasteiger partial charge in [-0.2, -0.15) is 0 Å². The standard InChI is InChI=1S/C19H27N3O2S/c1-13-6-10-22(11-7-13)9-3-8-20-19(24)15-4-5-17-16(12-15)21-18(23)14(2)25-17/h4-5,12-14H,3,6-11H2,1-2H3,(H,20,24)(H,21,23). The molecule has 2 amide bonds. The molecule has 2 heterocycles. The Morgan fingerprint density at radius 1 is 1.32 bits per heavy atom. The highest BCUT2D eigenvalue weighted by molar-refractivity contribution is 8.00. The number of hydrogen-bond donors (Lipinski definition) is 2. The number of benzene rings is 1. The number of rotatable bonds is 5. The summed E-state index contributed by atoms with van der Waals surface area (Å²) in [5.41, 5.74) is 1.34. The second-order valence-electron chi connectivity index (χ2n) is 7.09. The Morgan fingerprint density at radius 2 is 2.08 bits per heavy atom.